The summed E-state index contributed by atoms with van der Waals surface area (Å²) in [4.78, 5) is 36.8. The van der Waals surface area contributed by atoms with Crippen LogP contribution in [0.25, 0.3) is 17.3 Å². The summed E-state index contributed by atoms with van der Waals surface area (Å²) in [5, 5.41) is 11.6. The minimum absolute atomic E-state index is 0.0494. The van der Waals surface area contributed by atoms with E-state index in [1.54, 1.807) is 23.0 Å². The van der Waals surface area contributed by atoms with Gasteiger partial charge in [0.25, 0.3) is 0 Å². The minimum Gasteiger partial charge on any atom is -0.465 e. The summed E-state index contributed by atoms with van der Waals surface area (Å²) in [7, 11) is 2.47. The number of hydrogen-bond acceptors (Lipinski definition) is 9. The number of benzene rings is 2. The van der Waals surface area contributed by atoms with Crippen molar-refractivity contribution < 1.29 is 28.3 Å². The van der Waals surface area contributed by atoms with Gasteiger partial charge in [-0.15, -0.1) is 10.2 Å². The van der Waals surface area contributed by atoms with Crippen LogP contribution in [0.4, 0.5) is 5.69 Å². The van der Waals surface area contributed by atoms with Gasteiger partial charge < -0.3 is 19.2 Å². The van der Waals surface area contributed by atoms with Gasteiger partial charge in [-0.05, 0) is 42.5 Å². The minimum atomic E-state index is -0.656. The van der Waals surface area contributed by atoms with E-state index in [2.05, 4.69) is 15.5 Å². The van der Waals surface area contributed by atoms with E-state index < -0.39 is 17.8 Å². The van der Waals surface area contributed by atoms with Crippen molar-refractivity contribution in [2.75, 3.05) is 25.3 Å². The third-order valence-electron chi connectivity index (χ3n) is 4.84. The van der Waals surface area contributed by atoms with E-state index in [1.807, 2.05) is 30.3 Å². The number of anilines is 1. The molecule has 4 rings (SSSR count). The van der Waals surface area contributed by atoms with Gasteiger partial charge in [0, 0.05) is 5.69 Å². The van der Waals surface area contributed by atoms with Crippen molar-refractivity contribution in [3.63, 3.8) is 0 Å². The van der Waals surface area contributed by atoms with Crippen molar-refractivity contribution in [1.82, 2.24) is 14.8 Å². The molecular formula is C24H20N4O6S. The average molecular weight is 493 g/mol. The largest absolute Gasteiger partial charge is 0.465 e. The number of esters is 2. The molecule has 0 saturated carbocycles. The lowest BCUT2D eigenvalue weighted by Gasteiger charge is -2.12. The molecule has 0 spiro atoms. The maximum Gasteiger partial charge on any atom is 0.339 e. The fraction of sp³-hybridized carbons (Fsp3) is 0.125. The number of para-hydroxylation sites is 1. The number of nitrogens with one attached hydrogen (secondary N) is 1. The molecule has 11 heteroatoms. The van der Waals surface area contributed by atoms with E-state index in [-0.39, 0.29) is 22.6 Å². The molecule has 0 unspecified atom stereocenters. The molecule has 178 valence electrons. The van der Waals surface area contributed by atoms with E-state index in [1.165, 1.54) is 32.4 Å². The van der Waals surface area contributed by atoms with Gasteiger partial charge in [0.15, 0.2) is 10.9 Å². The molecule has 0 aliphatic carbocycles. The number of carbonyl (C=O) groups excluding carboxylic acids is 3. The number of ether oxygens (including phenoxy) is 2. The second-order valence-corrected chi connectivity index (χ2v) is 7.98. The van der Waals surface area contributed by atoms with E-state index >= 15 is 0 Å². The number of hydrogen-bond donors (Lipinski definition) is 1. The van der Waals surface area contributed by atoms with Crippen molar-refractivity contribution in [3.05, 3.63) is 78.1 Å². The lowest BCUT2D eigenvalue weighted by atomic mass is 10.1. The Kier molecular flexibility index (Phi) is 7.27. The van der Waals surface area contributed by atoms with Crippen LogP contribution < -0.4 is 5.32 Å². The summed E-state index contributed by atoms with van der Waals surface area (Å²) >= 11 is 1.15. The molecule has 4 aromatic rings. The molecule has 0 fully saturated rings. The second-order valence-electron chi connectivity index (χ2n) is 7.03. The van der Waals surface area contributed by atoms with Crippen LogP contribution in [0, 0.1) is 0 Å². The predicted octanol–water partition coefficient (Wildman–Crippen LogP) is 3.83. The van der Waals surface area contributed by atoms with Gasteiger partial charge in [-0.2, -0.15) is 0 Å². The number of amides is 1. The number of rotatable bonds is 8. The molecule has 2 aromatic carbocycles. The smallest absolute Gasteiger partial charge is 0.339 e. The Labute approximate surface area is 204 Å². The normalized spacial score (nSPS) is 10.6. The monoisotopic (exact) mass is 492 g/mol. The Hall–Kier alpha value is -4.38. The molecular weight excluding hydrogens is 472 g/mol. The van der Waals surface area contributed by atoms with Gasteiger partial charge in [0.2, 0.25) is 11.7 Å². The zero-order chi connectivity index (χ0) is 24.8. The van der Waals surface area contributed by atoms with Crippen LogP contribution in [0.1, 0.15) is 20.7 Å². The van der Waals surface area contributed by atoms with Crippen LogP contribution in [0.15, 0.2) is 76.5 Å². The Morgan fingerprint density at radius 2 is 1.74 bits per heavy atom. The molecule has 0 aliphatic rings. The standard InChI is InChI=1S/C24H20N4O6S/c1-32-22(30)15-10-11-17(23(31)33-2)18(13-15)25-20(29)14-35-24-27-26-21(19-9-6-12-34-19)28(24)16-7-4-3-5-8-16/h3-13H,14H2,1-2H3,(H,25,29). The number of nitrogens with zero attached hydrogens (tertiary/aromatic N) is 3. The highest BCUT2D eigenvalue weighted by Gasteiger charge is 2.21. The zero-order valence-corrected chi connectivity index (χ0v) is 19.6. The van der Waals surface area contributed by atoms with Crippen molar-refractivity contribution in [2.45, 2.75) is 5.16 Å². The number of methoxy groups -OCH3 is 2. The van der Waals surface area contributed by atoms with Gasteiger partial charge >= 0.3 is 11.9 Å². The molecule has 0 bridgehead atoms. The fourth-order valence-electron chi connectivity index (χ4n) is 3.24. The van der Waals surface area contributed by atoms with Gasteiger partial charge in [-0.1, -0.05) is 30.0 Å². The van der Waals surface area contributed by atoms with Gasteiger partial charge in [0.1, 0.15) is 0 Å². The van der Waals surface area contributed by atoms with Crippen molar-refractivity contribution in [2.24, 2.45) is 0 Å². The fourth-order valence-corrected chi connectivity index (χ4v) is 3.99. The van der Waals surface area contributed by atoms with Gasteiger partial charge in [-0.3, -0.25) is 9.36 Å². The van der Waals surface area contributed by atoms with Crippen LogP contribution >= 0.6 is 11.8 Å². The summed E-state index contributed by atoms with van der Waals surface area (Å²) in [6, 6.07) is 17.1. The average Bonchev–Trinajstić information content (AvgIpc) is 3.57. The van der Waals surface area contributed by atoms with Gasteiger partial charge in [-0.25, -0.2) is 9.59 Å². The predicted molar refractivity (Wildman–Crippen MR) is 128 cm³/mol. The van der Waals surface area contributed by atoms with Crippen molar-refractivity contribution in [3.8, 4) is 17.3 Å². The lowest BCUT2D eigenvalue weighted by molar-refractivity contribution is -0.113. The van der Waals surface area contributed by atoms with E-state index in [4.69, 9.17) is 13.9 Å². The summed E-state index contributed by atoms with van der Waals surface area (Å²) in [5.41, 5.74) is 1.21. The molecule has 10 nitrogen and oxygen atoms in total. The van der Waals surface area contributed by atoms with Crippen LogP contribution in [0.2, 0.25) is 0 Å². The lowest BCUT2D eigenvalue weighted by Crippen LogP contribution is -2.18. The first-order chi connectivity index (χ1) is 17.0. The molecule has 0 radical (unpaired) electrons. The Morgan fingerprint density at radius 1 is 0.971 bits per heavy atom. The molecule has 0 atom stereocenters. The number of carbonyl (C=O) groups is 3. The molecule has 1 amide bonds. The topological polar surface area (TPSA) is 126 Å². The van der Waals surface area contributed by atoms with Crippen LogP contribution in [-0.2, 0) is 14.3 Å². The Balaban J connectivity index is 1.57. The Bertz CT molecular complexity index is 1350. The first kappa shape index (κ1) is 23.8. The summed E-state index contributed by atoms with van der Waals surface area (Å²) in [6.45, 7) is 0. The third-order valence-corrected chi connectivity index (χ3v) is 5.77. The van der Waals surface area contributed by atoms with Crippen molar-refractivity contribution in [1.29, 1.82) is 0 Å². The molecule has 0 saturated heterocycles. The molecule has 0 aliphatic heterocycles. The number of thioether (sulfide) groups is 1. The SMILES string of the molecule is COC(=O)c1ccc(C(=O)OC)c(NC(=O)CSc2nnc(-c3ccco3)n2-c2ccccc2)c1. The van der Waals surface area contributed by atoms with Crippen LogP contribution in [0.5, 0.6) is 0 Å². The van der Waals surface area contributed by atoms with E-state index in [0.29, 0.717) is 16.7 Å². The third kappa shape index (κ3) is 5.25. The second kappa shape index (κ2) is 10.7. The maximum absolute atomic E-state index is 12.8. The van der Waals surface area contributed by atoms with Crippen molar-refractivity contribution >= 4 is 35.3 Å². The number of furan rings is 1. The van der Waals surface area contributed by atoms with Crippen LogP contribution in [0.3, 0.4) is 0 Å². The molecule has 35 heavy (non-hydrogen) atoms. The molecule has 1 N–H and O–H groups in total. The highest BCUT2D eigenvalue weighted by molar-refractivity contribution is 7.99. The highest BCUT2D eigenvalue weighted by Crippen LogP contribution is 2.28. The highest BCUT2D eigenvalue weighted by atomic mass is 32.2. The summed E-state index contributed by atoms with van der Waals surface area (Å²) < 4.78 is 16.8. The quantitative estimate of drug-likeness (QED) is 0.288. The maximum atomic E-state index is 12.8. The molecule has 2 aromatic heterocycles. The number of aromatic nitrogens is 3. The van der Waals surface area contributed by atoms with Gasteiger partial charge in [0.05, 0.1) is 43.0 Å². The molecule has 2 heterocycles. The first-order valence-electron chi connectivity index (χ1n) is 10.3. The van der Waals surface area contributed by atoms with E-state index in [9.17, 15) is 14.4 Å². The summed E-state index contributed by atoms with van der Waals surface area (Å²) in [5.74, 6) is -0.720. The van der Waals surface area contributed by atoms with Crippen LogP contribution in [-0.4, -0.2) is 52.6 Å². The summed E-state index contributed by atoms with van der Waals surface area (Å²) in [6.07, 6.45) is 1.54. The first-order valence-corrected chi connectivity index (χ1v) is 11.3. The Morgan fingerprint density at radius 3 is 2.43 bits per heavy atom. The zero-order valence-electron chi connectivity index (χ0n) is 18.8. The van der Waals surface area contributed by atoms with E-state index in [0.717, 1.165) is 17.4 Å².